The summed E-state index contributed by atoms with van der Waals surface area (Å²) in [5.74, 6) is 0. The molecule has 1 unspecified atom stereocenters. The summed E-state index contributed by atoms with van der Waals surface area (Å²) in [6.45, 7) is 2.21. The van der Waals surface area contributed by atoms with Crippen LogP contribution in [0.5, 0.6) is 0 Å². The first kappa shape index (κ1) is 19.6. The van der Waals surface area contributed by atoms with Gasteiger partial charge in [-0.2, -0.15) is 0 Å². The summed E-state index contributed by atoms with van der Waals surface area (Å²) < 4.78 is 24.8. The molecule has 0 aromatic heterocycles. The Balaban J connectivity index is 0. The van der Waals surface area contributed by atoms with E-state index in [1.54, 1.807) is 0 Å². The van der Waals surface area contributed by atoms with Gasteiger partial charge in [0.15, 0.2) is 0 Å². The Morgan fingerprint density at radius 1 is 1.06 bits per heavy atom. The van der Waals surface area contributed by atoms with Gasteiger partial charge in [0.2, 0.25) is 0 Å². The van der Waals surface area contributed by atoms with Crippen LogP contribution in [0.15, 0.2) is 0 Å². The van der Waals surface area contributed by atoms with Crippen molar-refractivity contribution < 1.29 is 31.5 Å². The van der Waals surface area contributed by atoms with Gasteiger partial charge in [0.05, 0.1) is 15.1 Å². The monoisotopic (exact) mass is 354 g/mol. The van der Waals surface area contributed by atoms with Gasteiger partial charge in [0, 0.05) is 0 Å². The van der Waals surface area contributed by atoms with Crippen LogP contribution in [0.2, 0.25) is 0 Å². The molecule has 0 heterocycles. The third kappa shape index (κ3) is 15.2. The molecule has 0 aliphatic carbocycles. The minimum atomic E-state index is -2.36. The summed E-state index contributed by atoms with van der Waals surface area (Å²) in [5, 5.41) is 0. The third-order valence-electron chi connectivity index (χ3n) is 2.22. The summed E-state index contributed by atoms with van der Waals surface area (Å²) in [7, 11) is -2.36. The number of unbranched alkanes of at least 4 members (excludes halogenated alkanes) is 6. The molecule has 0 fully saturated rings. The number of hydrogen-bond acceptors (Lipinski definition) is 4. The molecule has 0 N–H and O–H groups in total. The van der Waals surface area contributed by atoms with E-state index in [0.717, 1.165) is 12.8 Å². The number of alkyl halides is 1. The Kier molecular flexibility index (Phi) is 17.5. The molecule has 0 bridgehead atoms. The normalized spacial score (nSPS) is 12.4. The van der Waals surface area contributed by atoms with Crippen LogP contribution in [0.4, 0.5) is 0 Å². The average molecular weight is 354 g/mol. The molecule has 16 heavy (non-hydrogen) atoms. The van der Waals surface area contributed by atoms with E-state index in [1.165, 1.54) is 38.5 Å². The number of halogens is 1. The summed E-state index contributed by atoms with van der Waals surface area (Å²) in [4.78, 5) is 0. The number of hydrogen-bond donors (Lipinski definition) is 0. The van der Waals surface area contributed by atoms with Crippen LogP contribution in [-0.2, 0) is 23.6 Å². The van der Waals surface area contributed by atoms with Crippen molar-refractivity contribution in [3.05, 3.63) is 0 Å². The fourth-order valence-corrected chi connectivity index (χ4v) is 2.61. The summed E-state index contributed by atoms with van der Waals surface area (Å²) in [6.07, 6.45) is 9.53. The second kappa shape index (κ2) is 14.3. The zero-order valence-electron chi connectivity index (χ0n) is 10.2. The average Bonchev–Trinajstić information content (AvgIpc) is 2.15. The largest absolute Gasteiger partial charge is 1.00 e. The standard InChI is InChI=1S/C10H20IO3S.Li/c1-2-3-4-5-6-7-8-9-10(11)14-15(12)13;/h10H,2-9H2,1H3;/q-1;+1. The second-order valence-corrected chi connectivity index (χ2v) is 5.61. The first-order valence-corrected chi connectivity index (χ1v) is 7.81. The van der Waals surface area contributed by atoms with Gasteiger partial charge < -0.3 is 12.6 Å². The zero-order valence-corrected chi connectivity index (χ0v) is 13.2. The maximum absolute atomic E-state index is 10.2. The van der Waals surface area contributed by atoms with Crippen molar-refractivity contribution in [3.8, 4) is 0 Å². The van der Waals surface area contributed by atoms with Gasteiger partial charge in [-0.25, -0.2) is 0 Å². The van der Waals surface area contributed by atoms with E-state index >= 15 is 0 Å². The van der Waals surface area contributed by atoms with Crippen LogP contribution in [0.1, 0.15) is 58.3 Å². The molecule has 0 rings (SSSR count). The third-order valence-corrected chi connectivity index (χ3v) is 3.83. The Bertz CT molecular complexity index is 204. The van der Waals surface area contributed by atoms with Gasteiger partial charge in [-0.05, 0) is 6.42 Å². The summed E-state index contributed by atoms with van der Waals surface area (Å²) >= 11 is 2.02. The van der Waals surface area contributed by atoms with Crippen LogP contribution in [0.3, 0.4) is 0 Å². The molecule has 0 saturated heterocycles. The maximum Gasteiger partial charge on any atom is 1.00 e. The van der Waals surface area contributed by atoms with E-state index in [4.69, 9.17) is 0 Å². The molecular weight excluding hydrogens is 334 g/mol. The molecule has 0 amide bonds. The fraction of sp³-hybridized carbons (Fsp3) is 1.00. The van der Waals surface area contributed by atoms with Crippen LogP contribution < -0.4 is 18.9 Å². The van der Waals surface area contributed by atoms with Crippen molar-refractivity contribution >= 4 is 33.6 Å². The molecule has 3 nitrogen and oxygen atoms in total. The van der Waals surface area contributed by atoms with Crippen LogP contribution in [0.25, 0.3) is 0 Å². The van der Waals surface area contributed by atoms with E-state index in [2.05, 4.69) is 11.1 Å². The predicted octanol–water partition coefficient (Wildman–Crippen LogP) is 1.13. The maximum atomic E-state index is 10.2. The quantitative estimate of drug-likeness (QED) is 0.194. The van der Waals surface area contributed by atoms with Crippen molar-refractivity contribution in [1.29, 1.82) is 0 Å². The molecule has 92 valence electrons. The van der Waals surface area contributed by atoms with Crippen LogP contribution in [-0.4, -0.2) is 4.11 Å². The molecule has 0 aromatic carbocycles. The Labute approximate surface area is 127 Å². The van der Waals surface area contributed by atoms with Gasteiger partial charge >= 0.3 is 18.9 Å². The second-order valence-electron chi connectivity index (χ2n) is 3.62. The first-order valence-electron chi connectivity index (χ1n) is 5.57. The minimum absolute atomic E-state index is 0. The van der Waals surface area contributed by atoms with Crippen molar-refractivity contribution in [3.63, 3.8) is 0 Å². The van der Waals surface area contributed by atoms with Crippen molar-refractivity contribution in [1.82, 2.24) is 0 Å². The molecular formula is C10H20ILiO3S. The van der Waals surface area contributed by atoms with Gasteiger partial charge in [-0.3, -0.25) is 0 Å². The van der Waals surface area contributed by atoms with E-state index in [-0.39, 0.29) is 23.0 Å². The van der Waals surface area contributed by atoms with Gasteiger partial charge in [-0.1, -0.05) is 74.5 Å². The molecule has 0 aromatic rings. The SMILES string of the molecule is CCCCCCCCCC(I)O[S-](=O)=O.[Li+]. The van der Waals surface area contributed by atoms with Crippen LogP contribution >= 0.6 is 22.6 Å². The van der Waals surface area contributed by atoms with E-state index in [1.807, 2.05) is 22.6 Å². The van der Waals surface area contributed by atoms with E-state index in [9.17, 15) is 8.42 Å². The van der Waals surface area contributed by atoms with Crippen molar-refractivity contribution in [2.45, 2.75) is 62.4 Å². The van der Waals surface area contributed by atoms with Gasteiger partial charge in [0.1, 0.15) is 0 Å². The molecule has 0 aliphatic heterocycles. The number of rotatable bonds is 10. The molecule has 6 heteroatoms. The minimum Gasteiger partial charge on any atom is -0.412 e. The molecule has 0 saturated carbocycles. The summed E-state index contributed by atoms with van der Waals surface area (Å²) in [6, 6.07) is 0. The molecule has 0 aliphatic rings. The van der Waals surface area contributed by atoms with Crippen molar-refractivity contribution in [2.24, 2.45) is 0 Å². The van der Waals surface area contributed by atoms with Crippen LogP contribution in [0, 0.1) is 0 Å². The van der Waals surface area contributed by atoms with E-state index in [0.29, 0.717) is 0 Å². The van der Waals surface area contributed by atoms with Gasteiger partial charge in [0.25, 0.3) is 0 Å². The zero-order chi connectivity index (χ0) is 11.5. The van der Waals surface area contributed by atoms with E-state index < -0.39 is 11.0 Å². The molecule has 0 radical (unpaired) electrons. The topological polar surface area (TPSA) is 43.4 Å². The predicted molar refractivity (Wildman–Crippen MR) is 70.2 cm³/mol. The smallest absolute Gasteiger partial charge is 0.412 e. The summed E-state index contributed by atoms with van der Waals surface area (Å²) in [5.41, 5.74) is 0. The first-order chi connectivity index (χ1) is 7.16. The Morgan fingerprint density at radius 3 is 2.06 bits per heavy atom. The molecule has 0 spiro atoms. The Hall–Kier alpha value is 1.24. The Morgan fingerprint density at radius 2 is 1.56 bits per heavy atom. The van der Waals surface area contributed by atoms with Gasteiger partial charge in [-0.15, -0.1) is 0 Å². The van der Waals surface area contributed by atoms with Crippen molar-refractivity contribution in [2.75, 3.05) is 0 Å². The fourth-order valence-electron chi connectivity index (χ4n) is 1.40. The molecule has 1 atom stereocenters.